The molecule has 1 heterocycles. The predicted molar refractivity (Wildman–Crippen MR) is 91.5 cm³/mol. The molecule has 2 N–H and O–H groups in total. The summed E-state index contributed by atoms with van der Waals surface area (Å²) in [7, 11) is 5.66. The average molecular weight is 360 g/mol. The minimum absolute atomic E-state index is 0.0709. The van der Waals surface area contributed by atoms with E-state index in [0.717, 1.165) is 0 Å². The smallest absolute Gasteiger partial charge is 0.338 e. The first-order valence-corrected chi connectivity index (χ1v) is 7.60. The van der Waals surface area contributed by atoms with Crippen molar-refractivity contribution in [2.24, 2.45) is 5.73 Å². The van der Waals surface area contributed by atoms with Crippen LogP contribution in [0.25, 0.3) is 0 Å². The van der Waals surface area contributed by atoms with Gasteiger partial charge in [-0.15, -0.1) is 0 Å². The molecule has 138 valence electrons. The van der Waals surface area contributed by atoms with E-state index >= 15 is 0 Å². The molecule has 0 saturated heterocycles. The number of carbonyl (C=O) groups excluding carboxylic acids is 1. The number of ether oxygens (including phenoxy) is 5. The monoisotopic (exact) mass is 360 g/mol. The third kappa shape index (κ3) is 2.99. The van der Waals surface area contributed by atoms with Crippen molar-refractivity contribution < 1.29 is 28.5 Å². The molecule has 0 saturated carbocycles. The van der Waals surface area contributed by atoms with E-state index in [-0.39, 0.29) is 22.8 Å². The number of hydrogen-bond donors (Lipinski definition) is 1. The molecule has 0 aromatic heterocycles. The van der Waals surface area contributed by atoms with Gasteiger partial charge in [0, 0.05) is 5.56 Å². The molecule has 0 fully saturated rings. The quantitative estimate of drug-likeness (QED) is 0.793. The summed E-state index contributed by atoms with van der Waals surface area (Å²) in [6, 6.07) is 5.34. The summed E-state index contributed by atoms with van der Waals surface area (Å²) in [5, 5.41) is 9.60. The van der Waals surface area contributed by atoms with E-state index in [9.17, 15) is 10.1 Å². The summed E-state index contributed by atoms with van der Waals surface area (Å²) in [5.74, 6) is -0.226. The van der Waals surface area contributed by atoms with Crippen molar-refractivity contribution in [2.75, 3.05) is 28.4 Å². The number of carbonyl (C=O) groups is 1. The molecule has 0 unspecified atom stereocenters. The van der Waals surface area contributed by atoms with Gasteiger partial charge in [0.1, 0.15) is 17.4 Å². The first-order valence-electron chi connectivity index (χ1n) is 7.60. The van der Waals surface area contributed by atoms with Crippen LogP contribution in [0.3, 0.4) is 0 Å². The zero-order valence-corrected chi connectivity index (χ0v) is 15.2. The number of nitrogens with two attached hydrogens (primary N) is 1. The van der Waals surface area contributed by atoms with Crippen LogP contribution in [0.15, 0.2) is 34.9 Å². The van der Waals surface area contributed by atoms with E-state index in [2.05, 4.69) is 0 Å². The lowest BCUT2D eigenvalue weighted by molar-refractivity contribution is -0.136. The molecular formula is C18H20N2O6. The molecule has 0 amide bonds. The Morgan fingerprint density at radius 3 is 2.31 bits per heavy atom. The van der Waals surface area contributed by atoms with Gasteiger partial charge in [-0.05, 0) is 13.0 Å². The van der Waals surface area contributed by atoms with Crippen LogP contribution in [0.5, 0.6) is 17.2 Å². The fourth-order valence-corrected chi connectivity index (χ4v) is 2.92. The zero-order valence-electron chi connectivity index (χ0n) is 15.2. The molecular weight excluding hydrogens is 340 g/mol. The van der Waals surface area contributed by atoms with Crippen molar-refractivity contribution >= 4 is 5.97 Å². The van der Waals surface area contributed by atoms with Crippen molar-refractivity contribution in [3.63, 3.8) is 0 Å². The summed E-state index contributed by atoms with van der Waals surface area (Å²) in [6.07, 6.45) is 0. The van der Waals surface area contributed by atoms with Crippen LogP contribution in [0.2, 0.25) is 0 Å². The van der Waals surface area contributed by atoms with Crippen LogP contribution in [-0.4, -0.2) is 34.4 Å². The van der Waals surface area contributed by atoms with E-state index in [1.165, 1.54) is 28.4 Å². The molecule has 0 aliphatic carbocycles. The van der Waals surface area contributed by atoms with E-state index in [0.29, 0.717) is 22.8 Å². The fraction of sp³-hybridized carbons (Fsp3) is 0.333. The summed E-state index contributed by atoms with van der Waals surface area (Å²) in [5.41, 5.74) is 6.60. The molecule has 8 heteroatoms. The zero-order chi connectivity index (χ0) is 19.4. The SMILES string of the molecule is COC(=O)C1=C(C)OC(N)=C(C#N)[C@H]1c1ccc(OC)c(OC)c1OC. The number of allylic oxidation sites excluding steroid dienone is 2. The van der Waals surface area contributed by atoms with Crippen molar-refractivity contribution in [1.29, 1.82) is 5.26 Å². The lowest BCUT2D eigenvalue weighted by atomic mass is 9.82. The van der Waals surface area contributed by atoms with Crippen LogP contribution in [-0.2, 0) is 14.3 Å². The fourth-order valence-electron chi connectivity index (χ4n) is 2.92. The normalized spacial score (nSPS) is 16.5. The van der Waals surface area contributed by atoms with Gasteiger partial charge in [-0.3, -0.25) is 0 Å². The van der Waals surface area contributed by atoms with Crippen LogP contribution < -0.4 is 19.9 Å². The van der Waals surface area contributed by atoms with Gasteiger partial charge in [-0.1, -0.05) is 6.07 Å². The topological polar surface area (TPSA) is 113 Å². The number of esters is 1. The maximum atomic E-state index is 12.4. The van der Waals surface area contributed by atoms with E-state index in [1.807, 2.05) is 6.07 Å². The molecule has 1 aliphatic heterocycles. The first-order chi connectivity index (χ1) is 12.4. The van der Waals surface area contributed by atoms with Gasteiger partial charge >= 0.3 is 5.97 Å². The Morgan fingerprint density at radius 1 is 1.15 bits per heavy atom. The van der Waals surface area contributed by atoms with Crippen molar-refractivity contribution in [3.05, 3.63) is 40.5 Å². The maximum Gasteiger partial charge on any atom is 0.338 e. The molecule has 8 nitrogen and oxygen atoms in total. The lowest BCUT2D eigenvalue weighted by Gasteiger charge is -2.28. The molecule has 0 radical (unpaired) electrons. The summed E-state index contributed by atoms with van der Waals surface area (Å²) in [6.45, 7) is 1.58. The second-order valence-corrected chi connectivity index (χ2v) is 5.31. The van der Waals surface area contributed by atoms with Gasteiger partial charge < -0.3 is 29.4 Å². The highest BCUT2D eigenvalue weighted by molar-refractivity contribution is 5.93. The van der Waals surface area contributed by atoms with E-state index < -0.39 is 11.9 Å². The van der Waals surface area contributed by atoms with Crippen molar-refractivity contribution in [1.82, 2.24) is 0 Å². The Kier molecular flexibility index (Phi) is 5.62. The third-order valence-electron chi connectivity index (χ3n) is 4.06. The number of rotatable bonds is 5. The standard InChI is InChI=1S/C18H20N2O6/c1-9-13(18(21)25-5)14(11(8-19)17(20)26-9)10-6-7-12(22-2)16(24-4)15(10)23-3/h6-7,14H,20H2,1-5H3/t14-/m1/s1. The summed E-state index contributed by atoms with van der Waals surface area (Å²) < 4.78 is 26.4. The highest BCUT2D eigenvalue weighted by Crippen LogP contribution is 2.48. The summed E-state index contributed by atoms with van der Waals surface area (Å²) >= 11 is 0. The molecule has 2 rings (SSSR count). The van der Waals surface area contributed by atoms with Gasteiger partial charge in [0.2, 0.25) is 11.6 Å². The maximum absolute atomic E-state index is 12.4. The highest BCUT2D eigenvalue weighted by atomic mass is 16.5. The van der Waals surface area contributed by atoms with Crippen LogP contribution >= 0.6 is 0 Å². The van der Waals surface area contributed by atoms with E-state index in [4.69, 9.17) is 29.4 Å². The predicted octanol–water partition coefficient (Wildman–Crippen LogP) is 1.97. The summed E-state index contributed by atoms with van der Waals surface area (Å²) in [4.78, 5) is 12.4. The van der Waals surface area contributed by atoms with Gasteiger partial charge in [0.25, 0.3) is 0 Å². The van der Waals surface area contributed by atoms with Crippen molar-refractivity contribution in [2.45, 2.75) is 12.8 Å². The van der Waals surface area contributed by atoms with Crippen LogP contribution in [0, 0.1) is 11.3 Å². The van der Waals surface area contributed by atoms with Crippen LogP contribution in [0.4, 0.5) is 0 Å². The molecule has 26 heavy (non-hydrogen) atoms. The molecule has 0 spiro atoms. The highest BCUT2D eigenvalue weighted by Gasteiger charge is 2.38. The van der Waals surface area contributed by atoms with Crippen molar-refractivity contribution in [3.8, 4) is 23.3 Å². The number of nitrogens with zero attached hydrogens (tertiary/aromatic N) is 1. The van der Waals surface area contributed by atoms with Gasteiger partial charge in [0.15, 0.2) is 11.5 Å². The molecule has 1 aromatic rings. The number of nitriles is 1. The number of hydrogen-bond acceptors (Lipinski definition) is 8. The lowest BCUT2D eigenvalue weighted by Crippen LogP contribution is -2.25. The Hall–Kier alpha value is -3.34. The Bertz CT molecular complexity index is 835. The molecule has 0 bridgehead atoms. The minimum Gasteiger partial charge on any atom is -0.493 e. The Labute approximate surface area is 151 Å². The molecule has 1 aliphatic rings. The Morgan fingerprint density at radius 2 is 1.81 bits per heavy atom. The van der Waals surface area contributed by atoms with Gasteiger partial charge in [-0.2, -0.15) is 5.26 Å². The van der Waals surface area contributed by atoms with Gasteiger partial charge in [-0.25, -0.2) is 4.79 Å². The number of methoxy groups -OCH3 is 4. The number of benzene rings is 1. The molecule has 1 atom stereocenters. The van der Waals surface area contributed by atoms with E-state index in [1.54, 1.807) is 19.1 Å². The molecule has 1 aromatic carbocycles. The van der Waals surface area contributed by atoms with Crippen LogP contribution in [0.1, 0.15) is 18.4 Å². The Balaban J connectivity index is 2.82. The average Bonchev–Trinajstić information content (AvgIpc) is 2.65. The van der Waals surface area contributed by atoms with Gasteiger partial charge in [0.05, 0.1) is 39.9 Å². The largest absolute Gasteiger partial charge is 0.493 e. The second-order valence-electron chi connectivity index (χ2n) is 5.31. The minimum atomic E-state index is -0.837. The first kappa shape index (κ1) is 19.0. The second kappa shape index (κ2) is 7.70. The third-order valence-corrected chi connectivity index (χ3v) is 4.06.